The minimum atomic E-state index is -4.84. The normalized spacial score (nSPS) is 11.7. The fraction of sp³-hybridized carbons (Fsp3) is 0.947. The summed E-state index contributed by atoms with van der Waals surface area (Å²) in [5.74, 6) is -1.17. The molecule has 0 N–H and O–H groups in total. The standard InChI is InChI=1S/C19H35F3O2/c1-2-3-4-5-6-7-8-9-10-11-12-13-14-15-16-17-18(23)24-19(20,21)22/h2-17H2,1H3. The zero-order chi connectivity index (χ0) is 18.1. The molecular weight excluding hydrogens is 317 g/mol. The highest BCUT2D eigenvalue weighted by molar-refractivity contribution is 5.69. The topological polar surface area (TPSA) is 26.3 Å². The summed E-state index contributed by atoms with van der Waals surface area (Å²) in [5.41, 5.74) is 0. The lowest BCUT2D eigenvalue weighted by molar-refractivity contribution is -0.305. The van der Waals surface area contributed by atoms with Crippen LogP contribution < -0.4 is 0 Å². The van der Waals surface area contributed by atoms with Gasteiger partial charge in [0.05, 0.1) is 0 Å². The Kier molecular flexibility index (Phi) is 15.3. The molecular formula is C19H35F3O2. The maximum absolute atomic E-state index is 11.8. The van der Waals surface area contributed by atoms with Crippen molar-refractivity contribution in [2.75, 3.05) is 0 Å². The average Bonchev–Trinajstić information content (AvgIpc) is 2.49. The molecule has 2 nitrogen and oxygen atoms in total. The summed E-state index contributed by atoms with van der Waals surface area (Å²) >= 11 is 0. The van der Waals surface area contributed by atoms with Gasteiger partial charge < -0.3 is 4.74 Å². The van der Waals surface area contributed by atoms with Crippen molar-refractivity contribution in [2.24, 2.45) is 0 Å². The molecule has 0 saturated carbocycles. The van der Waals surface area contributed by atoms with Crippen LogP contribution in [0.15, 0.2) is 0 Å². The van der Waals surface area contributed by atoms with Crippen molar-refractivity contribution in [3.63, 3.8) is 0 Å². The second-order valence-electron chi connectivity index (χ2n) is 6.62. The lowest BCUT2D eigenvalue weighted by Crippen LogP contribution is -2.18. The Morgan fingerprint density at radius 1 is 0.667 bits per heavy atom. The summed E-state index contributed by atoms with van der Waals surface area (Å²) in [4.78, 5) is 10.9. The second-order valence-corrected chi connectivity index (χ2v) is 6.62. The lowest BCUT2D eigenvalue weighted by Gasteiger charge is -2.06. The SMILES string of the molecule is CCCCCCCCCCCCCCCCCC(=O)OC(F)(F)F. The van der Waals surface area contributed by atoms with Crippen LogP contribution >= 0.6 is 0 Å². The van der Waals surface area contributed by atoms with Crippen molar-refractivity contribution >= 4 is 5.97 Å². The third-order valence-electron chi connectivity index (χ3n) is 4.21. The van der Waals surface area contributed by atoms with E-state index in [0.29, 0.717) is 6.42 Å². The first-order chi connectivity index (χ1) is 11.5. The third-order valence-corrected chi connectivity index (χ3v) is 4.21. The second kappa shape index (κ2) is 15.8. The van der Waals surface area contributed by atoms with Crippen molar-refractivity contribution in [1.29, 1.82) is 0 Å². The molecule has 0 spiro atoms. The van der Waals surface area contributed by atoms with Gasteiger partial charge >= 0.3 is 12.3 Å². The first kappa shape index (κ1) is 23.3. The molecule has 0 heterocycles. The Morgan fingerprint density at radius 2 is 1.00 bits per heavy atom. The third kappa shape index (κ3) is 19.3. The Bertz CT molecular complexity index is 291. The maximum Gasteiger partial charge on any atom is 0.575 e. The van der Waals surface area contributed by atoms with Gasteiger partial charge in [0.25, 0.3) is 0 Å². The smallest absolute Gasteiger partial charge is 0.373 e. The molecule has 0 amide bonds. The molecule has 5 heteroatoms. The Hall–Kier alpha value is -0.740. The van der Waals surface area contributed by atoms with Crippen molar-refractivity contribution in [2.45, 2.75) is 116 Å². The van der Waals surface area contributed by atoms with Crippen molar-refractivity contribution in [3.05, 3.63) is 0 Å². The fourth-order valence-electron chi connectivity index (χ4n) is 2.82. The zero-order valence-corrected chi connectivity index (χ0v) is 15.3. The summed E-state index contributed by atoms with van der Waals surface area (Å²) in [5, 5.41) is 0. The van der Waals surface area contributed by atoms with Crippen molar-refractivity contribution in [1.82, 2.24) is 0 Å². The molecule has 0 aliphatic heterocycles. The Morgan fingerprint density at radius 3 is 1.33 bits per heavy atom. The molecule has 0 aromatic carbocycles. The summed E-state index contributed by atoms with van der Waals surface area (Å²) in [6.45, 7) is 2.24. The van der Waals surface area contributed by atoms with E-state index in [1.54, 1.807) is 0 Å². The molecule has 0 saturated heterocycles. The minimum Gasteiger partial charge on any atom is -0.373 e. The number of unbranched alkanes of at least 4 members (excludes halogenated alkanes) is 14. The van der Waals surface area contributed by atoms with Gasteiger partial charge in [0.15, 0.2) is 0 Å². The maximum atomic E-state index is 11.8. The molecule has 0 aliphatic carbocycles. The van der Waals surface area contributed by atoms with Gasteiger partial charge in [-0.25, -0.2) is 0 Å². The van der Waals surface area contributed by atoms with E-state index in [-0.39, 0.29) is 6.42 Å². The first-order valence-electron chi connectivity index (χ1n) is 9.74. The van der Waals surface area contributed by atoms with Gasteiger partial charge in [0, 0.05) is 6.42 Å². The van der Waals surface area contributed by atoms with E-state index in [1.165, 1.54) is 70.6 Å². The largest absolute Gasteiger partial charge is 0.575 e. The highest BCUT2D eigenvalue weighted by atomic mass is 19.4. The van der Waals surface area contributed by atoms with Gasteiger partial charge in [-0.05, 0) is 6.42 Å². The summed E-state index contributed by atoms with van der Waals surface area (Å²) in [6.07, 6.45) is 12.9. The van der Waals surface area contributed by atoms with E-state index in [9.17, 15) is 18.0 Å². The van der Waals surface area contributed by atoms with Crippen LogP contribution in [-0.4, -0.2) is 12.3 Å². The van der Waals surface area contributed by atoms with Crippen LogP contribution in [0.2, 0.25) is 0 Å². The van der Waals surface area contributed by atoms with Gasteiger partial charge in [-0.15, -0.1) is 13.2 Å². The lowest BCUT2D eigenvalue weighted by atomic mass is 10.0. The van der Waals surface area contributed by atoms with Crippen molar-refractivity contribution < 1.29 is 22.7 Å². The van der Waals surface area contributed by atoms with E-state index in [1.807, 2.05) is 0 Å². The van der Waals surface area contributed by atoms with Gasteiger partial charge in [-0.3, -0.25) is 4.79 Å². The summed E-state index contributed by atoms with van der Waals surface area (Å²) in [7, 11) is 0. The molecule has 0 bridgehead atoms. The molecule has 0 rings (SSSR count). The molecule has 0 aromatic rings. The minimum absolute atomic E-state index is 0.141. The first-order valence-corrected chi connectivity index (χ1v) is 9.74. The van der Waals surface area contributed by atoms with Gasteiger partial charge in [0.1, 0.15) is 0 Å². The van der Waals surface area contributed by atoms with E-state index >= 15 is 0 Å². The van der Waals surface area contributed by atoms with E-state index in [2.05, 4.69) is 11.7 Å². The van der Waals surface area contributed by atoms with Gasteiger partial charge in [-0.2, -0.15) is 0 Å². The van der Waals surface area contributed by atoms with Crippen LogP contribution in [0.5, 0.6) is 0 Å². The number of carbonyl (C=O) groups is 1. The summed E-state index contributed by atoms with van der Waals surface area (Å²) in [6, 6.07) is 0. The molecule has 0 aliphatic rings. The molecule has 24 heavy (non-hydrogen) atoms. The highest BCUT2D eigenvalue weighted by Gasteiger charge is 2.33. The highest BCUT2D eigenvalue weighted by Crippen LogP contribution is 2.18. The number of hydrogen-bond donors (Lipinski definition) is 0. The van der Waals surface area contributed by atoms with Crippen LogP contribution in [-0.2, 0) is 9.53 Å². The van der Waals surface area contributed by atoms with E-state index in [0.717, 1.165) is 19.3 Å². The van der Waals surface area contributed by atoms with Gasteiger partial charge in [-0.1, -0.05) is 96.8 Å². The molecule has 0 radical (unpaired) electrons. The van der Waals surface area contributed by atoms with E-state index < -0.39 is 12.3 Å². The molecule has 0 fully saturated rings. The molecule has 0 aromatic heterocycles. The number of carbonyl (C=O) groups excluding carboxylic acids is 1. The zero-order valence-electron chi connectivity index (χ0n) is 15.3. The number of ether oxygens (including phenoxy) is 1. The number of hydrogen-bond acceptors (Lipinski definition) is 2. The number of esters is 1. The number of rotatable bonds is 16. The van der Waals surface area contributed by atoms with Crippen LogP contribution in [0.4, 0.5) is 13.2 Å². The van der Waals surface area contributed by atoms with E-state index in [4.69, 9.17) is 0 Å². The quantitative estimate of drug-likeness (QED) is 0.215. The van der Waals surface area contributed by atoms with Crippen LogP contribution in [0.25, 0.3) is 0 Å². The average molecular weight is 352 g/mol. The molecule has 0 unspecified atom stereocenters. The van der Waals surface area contributed by atoms with Crippen LogP contribution in [0, 0.1) is 0 Å². The van der Waals surface area contributed by atoms with Crippen LogP contribution in [0.1, 0.15) is 110 Å². The summed E-state index contributed by atoms with van der Waals surface area (Å²) < 4.78 is 38.6. The molecule has 0 atom stereocenters. The van der Waals surface area contributed by atoms with Crippen molar-refractivity contribution in [3.8, 4) is 0 Å². The van der Waals surface area contributed by atoms with Gasteiger partial charge in [0.2, 0.25) is 0 Å². The Labute approximate surface area is 145 Å². The number of halogens is 3. The Balaban J connectivity index is 3.14. The predicted octanol–water partition coefficient (Wildman–Crippen LogP) is 7.31. The van der Waals surface area contributed by atoms with Crippen LogP contribution in [0.3, 0.4) is 0 Å². The number of alkyl halides is 3. The molecule has 144 valence electrons. The predicted molar refractivity (Wildman–Crippen MR) is 91.7 cm³/mol. The fourth-order valence-corrected chi connectivity index (χ4v) is 2.82. The monoisotopic (exact) mass is 352 g/mol.